The van der Waals surface area contributed by atoms with Crippen LogP contribution in [0.4, 0.5) is 28.9 Å². The minimum atomic E-state index is -4.30. The fourth-order valence-electron chi connectivity index (χ4n) is 4.54. The summed E-state index contributed by atoms with van der Waals surface area (Å²) in [5.41, 5.74) is 1.55. The van der Waals surface area contributed by atoms with Gasteiger partial charge in [0.25, 0.3) is 0 Å². The summed E-state index contributed by atoms with van der Waals surface area (Å²) >= 11 is 0. The zero-order valence-electron chi connectivity index (χ0n) is 18.7. The summed E-state index contributed by atoms with van der Waals surface area (Å²) in [6.45, 7) is 6.06. The molecule has 0 aliphatic carbocycles. The maximum Gasteiger partial charge on any atom is 0.416 e. The van der Waals surface area contributed by atoms with E-state index in [1.54, 1.807) is 12.1 Å². The molecule has 0 aromatic heterocycles. The van der Waals surface area contributed by atoms with Crippen LogP contribution < -0.4 is 10.2 Å². The van der Waals surface area contributed by atoms with Gasteiger partial charge in [-0.25, -0.2) is 4.39 Å². The fourth-order valence-corrected chi connectivity index (χ4v) is 4.54. The minimum Gasteiger partial charge on any atom is -0.385 e. The van der Waals surface area contributed by atoms with Crippen LogP contribution in [-0.4, -0.2) is 57.4 Å². The fraction of sp³-hybridized carbons (Fsp3) is 0.520. The van der Waals surface area contributed by atoms with Gasteiger partial charge in [0, 0.05) is 31.9 Å². The van der Waals surface area contributed by atoms with E-state index < -0.39 is 11.7 Å². The summed E-state index contributed by atoms with van der Waals surface area (Å²) in [6, 6.07) is 10.9. The maximum atomic E-state index is 14.6. The molecule has 4 rings (SSSR count). The van der Waals surface area contributed by atoms with Crippen LogP contribution in [0.1, 0.15) is 24.0 Å². The number of nitrogens with one attached hydrogen (secondary N) is 1. The number of morpholine rings is 1. The largest absolute Gasteiger partial charge is 0.416 e. The van der Waals surface area contributed by atoms with Crippen LogP contribution in [0.15, 0.2) is 42.5 Å². The molecule has 0 amide bonds. The molecule has 0 saturated carbocycles. The van der Waals surface area contributed by atoms with Gasteiger partial charge in [-0.1, -0.05) is 18.2 Å². The van der Waals surface area contributed by atoms with Crippen LogP contribution in [0.3, 0.4) is 0 Å². The van der Waals surface area contributed by atoms with Crippen LogP contribution in [-0.2, 0) is 17.3 Å². The lowest BCUT2D eigenvalue weighted by molar-refractivity contribution is -0.137. The molecule has 2 aliphatic rings. The number of hydrogen-bond donors (Lipinski definition) is 1. The topological polar surface area (TPSA) is 27.7 Å². The van der Waals surface area contributed by atoms with Crippen molar-refractivity contribution in [3.8, 4) is 0 Å². The first-order valence-corrected chi connectivity index (χ1v) is 11.6. The third-order valence-electron chi connectivity index (χ3n) is 6.57. The highest BCUT2D eigenvalue weighted by molar-refractivity contribution is 5.56. The van der Waals surface area contributed by atoms with Crippen LogP contribution in [0, 0.1) is 11.7 Å². The Kier molecular flexibility index (Phi) is 7.75. The molecular formula is C25H31F4N3O. The van der Waals surface area contributed by atoms with E-state index in [-0.39, 0.29) is 5.82 Å². The highest BCUT2D eigenvalue weighted by Crippen LogP contribution is 2.30. The van der Waals surface area contributed by atoms with Gasteiger partial charge in [0.05, 0.1) is 24.5 Å². The number of alkyl halides is 3. The second kappa shape index (κ2) is 10.7. The normalized spacial score (nSPS) is 18.5. The summed E-state index contributed by atoms with van der Waals surface area (Å²) in [5.74, 6) is 0.281. The van der Waals surface area contributed by atoms with Gasteiger partial charge in [-0.2, -0.15) is 13.2 Å². The highest BCUT2D eigenvalue weighted by atomic mass is 19.4. The number of nitrogens with zero attached hydrogens (tertiary/aromatic N) is 2. The molecule has 0 radical (unpaired) electrons. The Morgan fingerprint density at radius 2 is 1.73 bits per heavy atom. The first-order chi connectivity index (χ1) is 15.9. The molecule has 0 spiro atoms. The van der Waals surface area contributed by atoms with E-state index in [1.165, 1.54) is 12.1 Å². The summed E-state index contributed by atoms with van der Waals surface area (Å²) in [7, 11) is 0. The molecule has 2 fully saturated rings. The Hall–Kier alpha value is -2.32. The smallest absolute Gasteiger partial charge is 0.385 e. The van der Waals surface area contributed by atoms with Crippen molar-refractivity contribution in [1.29, 1.82) is 0 Å². The van der Waals surface area contributed by atoms with E-state index >= 15 is 0 Å². The Bertz CT molecular complexity index is 907. The average molecular weight is 466 g/mol. The number of likely N-dealkylation sites (tertiary alicyclic amines) is 1. The molecule has 4 nitrogen and oxygen atoms in total. The second-order valence-electron chi connectivity index (χ2n) is 8.88. The van der Waals surface area contributed by atoms with Crippen LogP contribution in [0.2, 0.25) is 0 Å². The van der Waals surface area contributed by atoms with Gasteiger partial charge < -0.3 is 19.9 Å². The molecule has 2 heterocycles. The molecule has 2 aromatic carbocycles. The summed E-state index contributed by atoms with van der Waals surface area (Å²) in [6.07, 6.45) is -1.65. The van der Waals surface area contributed by atoms with Crippen molar-refractivity contribution in [3.63, 3.8) is 0 Å². The number of piperidine rings is 1. The van der Waals surface area contributed by atoms with Crippen LogP contribution in [0.25, 0.3) is 0 Å². The van der Waals surface area contributed by atoms with Crippen molar-refractivity contribution >= 4 is 11.4 Å². The van der Waals surface area contributed by atoms with E-state index in [4.69, 9.17) is 4.74 Å². The molecule has 0 atom stereocenters. The van der Waals surface area contributed by atoms with Crippen molar-refractivity contribution in [2.24, 2.45) is 5.92 Å². The third kappa shape index (κ3) is 6.60. The second-order valence-corrected chi connectivity index (χ2v) is 8.88. The van der Waals surface area contributed by atoms with Gasteiger partial charge in [-0.3, -0.25) is 0 Å². The van der Waals surface area contributed by atoms with Crippen molar-refractivity contribution in [2.75, 3.05) is 62.7 Å². The Morgan fingerprint density at radius 3 is 2.42 bits per heavy atom. The number of anilines is 2. The zero-order chi connectivity index (χ0) is 23.3. The first-order valence-electron chi connectivity index (χ1n) is 11.6. The Labute approximate surface area is 192 Å². The maximum absolute atomic E-state index is 14.6. The van der Waals surface area contributed by atoms with Crippen molar-refractivity contribution in [3.05, 3.63) is 59.4 Å². The Morgan fingerprint density at radius 1 is 0.970 bits per heavy atom. The summed E-state index contributed by atoms with van der Waals surface area (Å²) in [4.78, 5) is 4.32. The number of rotatable bonds is 7. The van der Waals surface area contributed by atoms with Gasteiger partial charge in [0.15, 0.2) is 0 Å². The predicted molar refractivity (Wildman–Crippen MR) is 122 cm³/mol. The lowest BCUT2D eigenvalue weighted by Crippen LogP contribution is -2.37. The molecule has 180 valence electrons. The molecule has 33 heavy (non-hydrogen) atoms. The summed E-state index contributed by atoms with van der Waals surface area (Å²) in [5, 5.41) is 3.37. The number of halogens is 4. The molecular weight excluding hydrogens is 434 g/mol. The lowest BCUT2D eigenvalue weighted by atomic mass is 9.96. The standard InChI is InChI=1S/C25H31F4N3O/c26-23-17-22(4-5-24(23)32-12-14-33-15-13-32)30-18-20-7-10-31(11-8-20)9-6-19-2-1-3-21(16-19)25(27,28)29/h1-5,16-17,20,30H,6-15,18H2. The van der Waals surface area contributed by atoms with Gasteiger partial charge >= 0.3 is 6.18 Å². The van der Waals surface area contributed by atoms with Crippen molar-refractivity contribution in [1.82, 2.24) is 4.90 Å². The van der Waals surface area contributed by atoms with E-state index in [2.05, 4.69) is 10.2 Å². The SMILES string of the molecule is Fc1cc(NCC2CCN(CCc3cccc(C(F)(F)F)c3)CC2)ccc1N1CCOCC1. The molecule has 1 N–H and O–H groups in total. The molecule has 2 saturated heterocycles. The number of ether oxygens (including phenoxy) is 1. The van der Waals surface area contributed by atoms with Crippen molar-refractivity contribution in [2.45, 2.75) is 25.4 Å². The molecule has 0 bridgehead atoms. The van der Waals surface area contributed by atoms with Crippen LogP contribution >= 0.6 is 0 Å². The number of hydrogen-bond acceptors (Lipinski definition) is 4. The third-order valence-corrected chi connectivity index (χ3v) is 6.57. The molecule has 0 unspecified atom stereocenters. The molecule has 8 heteroatoms. The van der Waals surface area contributed by atoms with Crippen LogP contribution in [0.5, 0.6) is 0 Å². The first kappa shape index (κ1) is 23.8. The van der Waals surface area contributed by atoms with Gasteiger partial charge in [0.1, 0.15) is 5.82 Å². The van der Waals surface area contributed by atoms with E-state index in [0.717, 1.165) is 56.3 Å². The zero-order valence-corrected chi connectivity index (χ0v) is 18.7. The van der Waals surface area contributed by atoms with Gasteiger partial charge in [0.2, 0.25) is 0 Å². The quantitative estimate of drug-likeness (QED) is 0.580. The lowest BCUT2D eigenvalue weighted by Gasteiger charge is -2.32. The molecule has 2 aliphatic heterocycles. The van der Waals surface area contributed by atoms with E-state index in [1.807, 2.05) is 17.0 Å². The van der Waals surface area contributed by atoms with E-state index in [0.29, 0.717) is 44.3 Å². The van der Waals surface area contributed by atoms with Crippen molar-refractivity contribution < 1.29 is 22.3 Å². The van der Waals surface area contributed by atoms with Gasteiger partial charge in [-0.15, -0.1) is 0 Å². The van der Waals surface area contributed by atoms with E-state index in [9.17, 15) is 17.6 Å². The predicted octanol–water partition coefficient (Wildman–Crippen LogP) is 5.05. The number of benzene rings is 2. The Balaban J connectivity index is 1.20. The summed E-state index contributed by atoms with van der Waals surface area (Å²) < 4.78 is 58.6. The minimum absolute atomic E-state index is 0.216. The monoisotopic (exact) mass is 465 g/mol. The molecule has 2 aromatic rings. The van der Waals surface area contributed by atoms with Gasteiger partial charge in [-0.05, 0) is 68.1 Å². The average Bonchev–Trinajstić information content (AvgIpc) is 2.82. The highest BCUT2D eigenvalue weighted by Gasteiger charge is 2.30.